The van der Waals surface area contributed by atoms with Crippen molar-refractivity contribution in [3.05, 3.63) is 47.1 Å². The van der Waals surface area contributed by atoms with Gasteiger partial charge in [0.2, 0.25) is 0 Å². The SMILES string of the molecule is Cc1cccc(-c2nc3nccc(Cl)c3[nH]2)c1. The molecule has 0 aliphatic rings. The fourth-order valence-corrected chi connectivity index (χ4v) is 2.00. The Labute approximate surface area is 103 Å². The van der Waals surface area contributed by atoms with E-state index in [0.29, 0.717) is 10.7 Å². The molecule has 4 heteroatoms. The van der Waals surface area contributed by atoms with Gasteiger partial charge in [-0.2, -0.15) is 0 Å². The molecule has 1 N–H and O–H groups in total. The van der Waals surface area contributed by atoms with Crippen LogP contribution >= 0.6 is 11.6 Å². The van der Waals surface area contributed by atoms with Gasteiger partial charge in [0.15, 0.2) is 5.65 Å². The highest BCUT2D eigenvalue weighted by Crippen LogP contribution is 2.24. The number of hydrogen-bond acceptors (Lipinski definition) is 2. The van der Waals surface area contributed by atoms with E-state index in [9.17, 15) is 0 Å². The molecule has 2 aromatic heterocycles. The van der Waals surface area contributed by atoms with Crippen molar-refractivity contribution in [2.24, 2.45) is 0 Å². The first kappa shape index (κ1) is 10.3. The summed E-state index contributed by atoms with van der Waals surface area (Å²) in [6.07, 6.45) is 1.66. The van der Waals surface area contributed by atoms with Crippen LogP contribution in [0.25, 0.3) is 22.6 Å². The zero-order valence-corrected chi connectivity index (χ0v) is 9.99. The van der Waals surface area contributed by atoms with Gasteiger partial charge in [0.1, 0.15) is 11.3 Å². The van der Waals surface area contributed by atoms with Gasteiger partial charge in [-0.05, 0) is 19.1 Å². The van der Waals surface area contributed by atoms with Crippen molar-refractivity contribution in [1.82, 2.24) is 15.0 Å². The second-order valence-corrected chi connectivity index (χ2v) is 4.35. The van der Waals surface area contributed by atoms with Crippen molar-refractivity contribution in [3.63, 3.8) is 0 Å². The first-order chi connectivity index (χ1) is 8.24. The summed E-state index contributed by atoms with van der Waals surface area (Å²) in [5, 5.41) is 0.640. The molecule has 0 atom stereocenters. The summed E-state index contributed by atoms with van der Waals surface area (Å²) in [7, 11) is 0. The Morgan fingerprint density at radius 3 is 2.88 bits per heavy atom. The van der Waals surface area contributed by atoms with Crippen LogP contribution in [-0.4, -0.2) is 15.0 Å². The molecule has 0 fully saturated rings. The van der Waals surface area contributed by atoms with Crippen LogP contribution in [0.4, 0.5) is 0 Å². The van der Waals surface area contributed by atoms with Gasteiger partial charge in [-0.15, -0.1) is 0 Å². The Kier molecular flexibility index (Phi) is 2.34. The normalized spacial score (nSPS) is 10.9. The standard InChI is InChI=1S/C13H10ClN3/c1-8-3-2-4-9(7-8)12-16-11-10(14)5-6-15-13(11)17-12/h2-7H,1H3,(H,15,16,17). The second kappa shape index (κ2) is 3.86. The molecule has 0 bridgehead atoms. The molecule has 3 nitrogen and oxygen atoms in total. The molecule has 0 aliphatic heterocycles. The number of H-pyrrole nitrogens is 1. The number of aromatic amines is 1. The predicted octanol–water partition coefficient (Wildman–Crippen LogP) is 3.59. The van der Waals surface area contributed by atoms with E-state index in [1.54, 1.807) is 12.3 Å². The average Bonchev–Trinajstić information content (AvgIpc) is 2.74. The molecule has 0 unspecified atom stereocenters. The first-order valence-electron chi connectivity index (χ1n) is 5.31. The van der Waals surface area contributed by atoms with Crippen LogP contribution in [0.1, 0.15) is 5.56 Å². The van der Waals surface area contributed by atoms with Gasteiger partial charge >= 0.3 is 0 Å². The number of aromatic nitrogens is 3. The summed E-state index contributed by atoms with van der Waals surface area (Å²) < 4.78 is 0. The molecule has 3 aromatic rings. The molecule has 0 spiro atoms. The minimum atomic E-state index is 0.640. The number of nitrogens with zero attached hydrogens (tertiary/aromatic N) is 2. The number of aryl methyl sites for hydroxylation is 1. The molecule has 3 rings (SSSR count). The van der Waals surface area contributed by atoms with Gasteiger partial charge in [-0.3, -0.25) is 0 Å². The van der Waals surface area contributed by atoms with Gasteiger partial charge in [0.05, 0.1) is 5.02 Å². The Hall–Kier alpha value is -1.87. The number of halogens is 1. The van der Waals surface area contributed by atoms with Crippen LogP contribution in [0.15, 0.2) is 36.5 Å². The van der Waals surface area contributed by atoms with Crippen molar-refractivity contribution >= 4 is 22.8 Å². The number of benzene rings is 1. The fourth-order valence-electron chi connectivity index (χ4n) is 1.81. The molecule has 2 heterocycles. The highest BCUT2D eigenvalue weighted by molar-refractivity contribution is 6.34. The van der Waals surface area contributed by atoms with Gasteiger partial charge in [-0.25, -0.2) is 9.97 Å². The van der Waals surface area contributed by atoms with Crippen LogP contribution in [0.3, 0.4) is 0 Å². The molecule has 84 valence electrons. The van der Waals surface area contributed by atoms with E-state index >= 15 is 0 Å². The van der Waals surface area contributed by atoms with Gasteiger partial charge in [0.25, 0.3) is 0 Å². The largest absolute Gasteiger partial charge is 0.335 e. The number of rotatable bonds is 1. The molecule has 17 heavy (non-hydrogen) atoms. The molecule has 0 radical (unpaired) electrons. The Morgan fingerprint density at radius 1 is 1.24 bits per heavy atom. The van der Waals surface area contributed by atoms with Crippen molar-refractivity contribution < 1.29 is 0 Å². The van der Waals surface area contributed by atoms with Crippen molar-refractivity contribution in [3.8, 4) is 11.4 Å². The summed E-state index contributed by atoms with van der Waals surface area (Å²) in [4.78, 5) is 11.8. The van der Waals surface area contributed by atoms with E-state index in [4.69, 9.17) is 11.6 Å². The van der Waals surface area contributed by atoms with Crippen LogP contribution in [0, 0.1) is 6.92 Å². The first-order valence-corrected chi connectivity index (χ1v) is 5.69. The lowest BCUT2D eigenvalue weighted by molar-refractivity contribution is 1.29. The number of nitrogens with one attached hydrogen (secondary N) is 1. The average molecular weight is 244 g/mol. The summed E-state index contributed by atoms with van der Waals surface area (Å²) >= 11 is 6.08. The third kappa shape index (κ3) is 1.78. The predicted molar refractivity (Wildman–Crippen MR) is 69.1 cm³/mol. The summed E-state index contributed by atoms with van der Waals surface area (Å²) in [5.41, 5.74) is 3.67. The molecular formula is C13H10ClN3. The highest BCUT2D eigenvalue weighted by atomic mass is 35.5. The van der Waals surface area contributed by atoms with E-state index in [2.05, 4.69) is 34.0 Å². The van der Waals surface area contributed by atoms with E-state index in [1.807, 2.05) is 12.1 Å². The van der Waals surface area contributed by atoms with Crippen LogP contribution in [0.5, 0.6) is 0 Å². The summed E-state index contributed by atoms with van der Waals surface area (Å²) in [5.74, 6) is 0.796. The van der Waals surface area contributed by atoms with Gasteiger partial charge in [0, 0.05) is 11.8 Å². The molecule has 0 saturated carbocycles. The molecule has 1 aromatic carbocycles. The Morgan fingerprint density at radius 2 is 2.12 bits per heavy atom. The minimum Gasteiger partial charge on any atom is -0.335 e. The second-order valence-electron chi connectivity index (χ2n) is 3.95. The van der Waals surface area contributed by atoms with Crippen molar-refractivity contribution in [2.75, 3.05) is 0 Å². The fraction of sp³-hybridized carbons (Fsp3) is 0.0769. The number of fused-ring (bicyclic) bond motifs is 1. The molecular weight excluding hydrogens is 234 g/mol. The van der Waals surface area contributed by atoms with Gasteiger partial charge < -0.3 is 4.98 Å². The van der Waals surface area contributed by atoms with E-state index in [1.165, 1.54) is 5.56 Å². The monoisotopic (exact) mass is 243 g/mol. The van der Waals surface area contributed by atoms with Gasteiger partial charge in [-0.1, -0.05) is 35.4 Å². The Bertz CT molecular complexity index is 688. The molecule has 0 saturated heterocycles. The number of hydrogen-bond donors (Lipinski definition) is 1. The zero-order valence-electron chi connectivity index (χ0n) is 9.24. The van der Waals surface area contributed by atoms with Crippen molar-refractivity contribution in [2.45, 2.75) is 6.92 Å². The molecule has 0 aliphatic carbocycles. The van der Waals surface area contributed by atoms with Crippen LogP contribution in [-0.2, 0) is 0 Å². The quantitative estimate of drug-likeness (QED) is 0.710. The van der Waals surface area contributed by atoms with Crippen LogP contribution in [0.2, 0.25) is 5.02 Å². The maximum absolute atomic E-state index is 6.08. The third-order valence-electron chi connectivity index (χ3n) is 2.63. The lowest BCUT2D eigenvalue weighted by Gasteiger charge is -1.97. The Balaban J connectivity index is 2.22. The van der Waals surface area contributed by atoms with Crippen molar-refractivity contribution in [1.29, 1.82) is 0 Å². The zero-order chi connectivity index (χ0) is 11.8. The number of pyridine rings is 1. The highest BCUT2D eigenvalue weighted by Gasteiger charge is 2.08. The topological polar surface area (TPSA) is 41.6 Å². The number of imidazole rings is 1. The summed E-state index contributed by atoms with van der Waals surface area (Å²) in [6.45, 7) is 2.05. The minimum absolute atomic E-state index is 0.640. The lowest BCUT2D eigenvalue weighted by Crippen LogP contribution is -1.81. The van der Waals surface area contributed by atoms with E-state index in [-0.39, 0.29) is 0 Å². The maximum atomic E-state index is 6.08. The third-order valence-corrected chi connectivity index (χ3v) is 2.95. The van der Waals surface area contributed by atoms with E-state index in [0.717, 1.165) is 16.9 Å². The summed E-state index contributed by atoms with van der Waals surface area (Å²) in [6, 6.07) is 9.90. The smallest absolute Gasteiger partial charge is 0.179 e. The lowest BCUT2D eigenvalue weighted by atomic mass is 10.1. The molecule has 0 amide bonds. The van der Waals surface area contributed by atoms with Crippen LogP contribution < -0.4 is 0 Å². The maximum Gasteiger partial charge on any atom is 0.179 e. The van der Waals surface area contributed by atoms with E-state index < -0.39 is 0 Å².